The van der Waals surface area contributed by atoms with E-state index in [1.54, 1.807) is 11.8 Å². The Morgan fingerprint density at radius 2 is 0.960 bits per heavy atom. The highest BCUT2D eigenvalue weighted by molar-refractivity contribution is 7.98. The summed E-state index contributed by atoms with van der Waals surface area (Å²) in [5, 5.41) is 65.0. The van der Waals surface area contributed by atoms with Crippen molar-refractivity contribution in [3.8, 4) is 0 Å². The molecule has 0 bridgehead atoms. The molecule has 26 heteroatoms. The molecule has 0 aliphatic rings. The molecule has 0 unspecified atom stereocenters. The van der Waals surface area contributed by atoms with E-state index in [4.69, 9.17) is 81.0 Å². The lowest BCUT2D eigenvalue weighted by Crippen LogP contribution is -2.39. The standard InChI is InChI=1S/C5H10N2O3.C5H11NO2S.C4H8N2O3.C4H9NO3.C3H7NO3.C3H7NO2S/c6-3(5(9)10)1-2-4(7)8;1-9-3-2-4(6)5(7)8;5-2(4(8)9)1-3(6)7;1-2(6)3(5)4(7)8;4-2(1-5)3(6)7;4-2(1-7)3(5)6/h3H,1-2,6H2,(H2,7,8)(H,9,10);4H,2-3,6H2,1H3,(H,7,8);2H,1,5H2,(H2,6,7)(H,8,9);2-3,6H,5H2,1H3,(H,7,8);2,5H,1,4H2,(H,6,7);2,7H,1,4H2,(H,5,6)/t3-;4-;2-;2-,3+;2*2-/m000100/s1. The van der Waals surface area contributed by atoms with Crippen molar-refractivity contribution in [2.75, 3.05) is 24.4 Å². The Morgan fingerprint density at radius 3 is 1.10 bits per heavy atom. The number of carboxylic acid groups (broad SMARTS) is 6. The van der Waals surface area contributed by atoms with Gasteiger partial charge in [0.25, 0.3) is 0 Å². The largest absolute Gasteiger partial charge is 0.480 e. The average Bonchev–Trinajstić information content (AvgIpc) is 3.01. The molecule has 2 amide bonds. The highest BCUT2D eigenvalue weighted by Crippen LogP contribution is 1.97. The second-order valence-corrected chi connectivity index (χ2v) is 10.5. The Kier molecular flexibility index (Phi) is 42.5. The zero-order valence-electron chi connectivity index (χ0n) is 27.3. The van der Waals surface area contributed by atoms with Crippen molar-refractivity contribution in [2.45, 2.75) is 75.0 Å². The Labute approximate surface area is 296 Å². The van der Waals surface area contributed by atoms with E-state index in [9.17, 15) is 38.4 Å². The number of carbonyl (C=O) groups excluding carboxylic acids is 2. The third kappa shape index (κ3) is 48.5. The van der Waals surface area contributed by atoms with Crippen LogP contribution < -0.4 is 45.9 Å². The van der Waals surface area contributed by atoms with E-state index in [1.807, 2.05) is 6.26 Å². The zero-order chi connectivity index (χ0) is 41.3. The number of hydrogen-bond acceptors (Lipinski definition) is 18. The van der Waals surface area contributed by atoms with Gasteiger partial charge in [0.2, 0.25) is 11.8 Å². The maximum Gasteiger partial charge on any atom is 0.323 e. The maximum atomic E-state index is 10.1. The first kappa shape index (κ1) is 58.4. The molecular formula is C24H52N8O16S2. The third-order valence-electron chi connectivity index (χ3n) is 4.54. The molecule has 0 saturated heterocycles. The number of aliphatic hydroxyl groups is 2. The zero-order valence-corrected chi connectivity index (χ0v) is 29.0. The van der Waals surface area contributed by atoms with E-state index in [0.717, 1.165) is 5.75 Å². The summed E-state index contributed by atoms with van der Waals surface area (Å²) in [5.41, 5.74) is 39.2. The van der Waals surface area contributed by atoms with Crippen LogP contribution in [0.5, 0.6) is 0 Å². The smallest absolute Gasteiger partial charge is 0.323 e. The number of primary amides is 2. The fraction of sp³-hybridized carbons (Fsp3) is 0.667. The third-order valence-corrected chi connectivity index (χ3v) is 5.58. The van der Waals surface area contributed by atoms with Gasteiger partial charge < -0.3 is 86.7 Å². The molecule has 0 fully saturated rings. The minimum Gasteiger partial charge on any atom is -0.480 e. The minimum atomic E-state index is -1.21. The lowest BCUT2D eigenvalue weighted by Gasteiger charge is -2.06. The van der Waals surface area contributed by atoms with Gasteiger partial charge in [0.15, 0.2) is 0 Å². The molecular weight excluding hydrogens is 720 g/mol. The van der Waals surface area contributed by atoms with Crippen molar-refractivity contribution >= 4 is 72.0 Å². The van der Waals surface area contributed by atoms with Gasteiger partial charge in [-0.05, 0) is 31.8 Å². The average molecular weight is 773 g/mol. The van der Waals surface area contributed by atoms with Crippen molar-refractivity contribution in [1.82, 2.24) is 0 Å². The summed E-state index contributed by atoms with van der Waals surface area (Å²) in [6, 6.07) is -5.93. The van der Waals surface area contributed by atoms with E-state index in [0.29, 0.717) is 6.42 Å². The maximum absolute atomic E-state index is 10.1. The highest BCUT2D eigenvalue weighted by atomic mass is 32.2. The van der Waals surface area contributed by atoms with Crippen LogP contribution in [0.4, 0.5) is 0 Å². The number of amides is 2. The van der Waals surface area contributed by atoms with Crippen LogP contribution in [0.25, 0.3) is 0 Å². The van der Waals surface area contributed by atoms with Crippen molar-refractivity contribution in [3.05, 3.63) is 0 Å². The lowest BCUT2D eigenvalue weighted by molar-refractivity contribution is -0.141. The Bertz CT molecular complexity index is 993. The Morgan fingerprint density at radius 1 is 0.600 bits per heavy atom. The predicted octanol–water partition coefficient (Wildman–Crippen LogP) is -6.41. The Balaban J connectivity index is -0.000000117. The molecule has 0 aliphatic carbocycles. The van der Waals surface area contributed by atoms with Gasteiger partial charge in [-0.2, -0.15) is 24.4 Å². The number of nitrogens with two attached hydrogens (primary N) is 8. The summed E-state index contributed by atoms with van der Waals surface area (Å²) in [6.45, 7) is 0.827. The van der Waals surface area contributed by atoms with Crippen molar-refractivity contribution in [1.29, 1.82) is 0 Å². The first-order valence-corrected chi connectivity index (χ1v) is 15.6. The van der Waals surface area contributed by atoms with Crippen molar-refractivity contribution in [3.63, 3.8) is 0 Å². The first-order valence-electron chi connectivity index (χ1n) is 13.5. The fourth-order valence-corrected chi connectivity index (χ4v) is 2.10. The number of aliphatic carboxylic acids is 6. The second-order valence-electron chi connectivity index (χ2n) is 9.15. The molecule has 7 atom stereocenters. The van der Waals surface area contributed by atoms with Gasteiger partial charge in [0.1, 0.15) is 36.3 Å². The predicted molar refractivity (Wildman–Crippen MR) is 182 cm³/mol. The van der Waals surface area contributed by atoms with Crippen LogP contribution in [0.1, 0.15) is 32.6 Å². The molecule has 0 aliphatic heterocycles. The fourth-order valence-electron chi connectivity index (χ4n) is 1.46. The topological polar surface area (TPSA) is 507 Å². The number of thiol groups is 1. The van der Waals surface area contributed by atoms with Crippen LogP contribution in [0.15, 0.2) is 0 Å². The van der Waals surface area contributed by atoms with Crippen molar-refractivity contribution in [2.24, 2.45) is 45.9 Å². The number of carbonyl (C=O) groups is 8. The molecule has 296 valence electrons. The van der Waals surface area contributed by atoms with Gasteiger partial charge in [-0.3, -0.25) is 38.4 Å². The quantitative estimate of drug-likeness (QED) is 0.0611. The van der Waals surface area contributed by atoms with Gasteiger partial charge in [-0.25, -0.2) is 0 Å². The van der Waals surface area contributed by atoms with Gasteiger partial charge >= 0.3 is 35.8 Å². The molecule has 0 saturated carbocycles. The molecule has 0 heterocycles. The van der Waals surface area contributed by atoms with E-state index in [-0.39, 0.29) is 25.0 Å². The van der Waals surface area contributed by atoms with Crippen LogP contribution in [0, 0.1) is 0 Å². The minimum absolute atomic E-state index is 0.0213. The summed E-state index contributed by atoms with van der Waals surface area (Å²) < 4.78 is 0. The molecule has 0 aromatic carbocycles. The van der Waals surface area contributed by atoms with Crippen LogP contribution in [0.2, 0.25) is 0 Å². The summed E-state index contributed by atoms with van der Waals surface area (Å²) in [5.74, 6) is -6.83. The van der Waals surface area contributed by atoms with Gasteiger partial charge in [0.05, 0.1) is 19.1 Å². The number of rotatable bonds is 17. The highest BCUT2D eigenvalue weighted by Gasteiger charge is 2.16. The van der Waals surface area contributed by atoms with Gasteiger partial charge in [-0.1, -0.05) is 0 Å². The number of thioether (sulfide) groups is 1. The molecule has 0 aromatic rings. The van der Waals surface area contributed by atoms with E-state index < -0.39 is 96.6 Å². The number of hydrogen-bond donors (Lipinski definition) is 17. The summed E-state index contributed by atoms with van der Waals surface area (Å²) in [7, 11) is 0. The van der Waals surface area contributed by atoms with E-state index in [1.165, 1.54) is 6.92 Å². The number of carboxylic acids is 6. The van der Waals surface area contributed by atoms with Crippen LogP contribution in [0.3, 0.4) is 0 Å². The molecule has 0 radical (unpaired) electrons. The van der Waals surface area contributed by atoms with Crippen LogP contribution in [-0.2, 0) is 38.4 Å². The Hall–Kier alpha value is -3.86. The summed E-state index contributed by atoms with van der Waals surface area (Å²) >= 11 is 5.25. The van der Waals surface area contributed by atoms with Crippen molar-refractivity contribution < 1.29 is 79.2 Å². The lowest BCUT2D eigenvalue weighted by atomic mass is 10.2. The monoisotopic (exact) mass is 772 g/mol. The van der Waals surface area contributed by atoms with E-state index >= 15 is 0 Å². The van der Waals surface area contributed by atoms with E-state index in [2.05, 4.69) is 18.4 Å². The van der Waals surface area contributed by atoms with Crippen LogP contribution >= 0.6 is 24.4 Å². The molecule has 50 heavy (non-hydrogen) atoms. The van der Waals surface area contributed by atoms with Gasteiger partial charge in [-0.15, -0.1) is 0 Å². The molecule has 0 rings (SSSR count). The SMILES string of the molecule is CSCC[C@H](N)C(=O)O.C[C@@H](O)[C@H](N)C(=O)O.NC(=O)CC[C@H](N)C(=O)O.NC(=O)C[C@H](N)C(=O)O.N[C@@H](CO)C(=O)O.N[C@@H](CS)C(=O)O. The van der Waals surface area contributed by atoms with Gasteiger partial charge in [0, 0.05) is 12.2 Å². The summed E-state index contributed by atoms with van der Waals surface area (Å²) in [6.07, 6.45) is 1.31. The molecule has 0 spiro atoms. The second kappa shape index (κ2) is 36.4. The molecule has 24 nitrogen and oxygen atoms in total. The molecule has 0 aromatic heterocycles. The normalized spacial score (nSPS) is 13.7. The van der Waals surface area contributed by atoms with Crippen LogP contribution in [-0.4, -0.2) is 155 Å². The number of aliphatic hydroxyl groups excluding tert-OH is 2. The first-order chi connectivity index (χ1) is 22.7. The molecule has 24 N–H and O–H groups in total. The summed E-state index contributed by atoms with van der Waals surface area (Å²) in [4.78, 5) is 79.4.